The van der Waals surface area contributed by atoms with Crippen molar-refractivity contribution in [1.29, 1.82) is 0 Å². The summed E-state index contributed by atoms with van der Waals surface area (Å²) in [6.45, 7) is 3.53. The summed E-state index contributed by atoms with van der Waals surface area (Å²) in [5, 5.41) is 5.29. The van der Waals surface area contributed by atoms with Gasteiger partial charge in [-0.1, -0.05) is 38.0 Å². The van der Waals surface area contributed by atoms with Crippen LogP contribution >= 0.6 is 0 Å². The molecule has 0 saturated heterocycles. The maximum absolute atomic E-state index is 3.85. The molecule has 2 heteroatoms. The highest BCUT2D eigenvalue weighted by atomic mass is 15.0. The summed E-state index contributed by atoms with van der Waals surface area (Å²) < 4.78 is 0. The summed E-state index contributed by atoms with van der Waals surface area (Å²) in [5.74, 6) is 0.832. The Balaban J connectivity index is 1.90. The van der Waals surface area contributed by atoms with Gasteiger partial charge in [-0.2, -0.15) is 0 Å². The van der Waals surface area contributed by atoms with Crippen molar-refractivity contribution in [2.75, 3.05) is 6.54 Å². The SMILES string of the molecule is CC1CCCC2(C1)NCCc1c2[nH]c2ccccc12. The molecule has 1 spiro atoms. The number of benzene rings is 1. The number of H-pyrrole nitrogens is 1. The van der Waals surface area contributed by atoms with E-state index < -0.39 is 0 Å². The Kier molecular flexibility index (Phi) is 2.49. The minimum atomic E-state index is 0.226. The third-order valence-corrected chi connectivity index (χ3v) is 5.13. The molecule has 1 aromatic carbocycles. The highest BCUT2D eigenvalue weighted by molar-refractivity contribution is 5.85. The van der Waals surface area contributed by atoms with Gasteiger partial charge in [0.05, 0.1) is 5.54 Å². The fourth-order valence-corrected chi connectivity index (χ4v) is 4.32. The third kappa shape index (κ3) is 1.66. The average molecular weight is 254 g/mol. The lowest BCUT2D eigenvalue weighted by Crippen LogP contribution is -2.50. The number of rotatable bonds is 0. The minimum absolute atomic E-state index is 0.226. The van der Waals surface area contributed by atoms with Crippen LogP contribution in [0.2, 0.25) is 0 Å². The van der Waals surface area contributed by atoms with Crippen LogP contribution in [-0.2, 0) is 12.0 Å². The van der Waals surface area contributed by atoms with Gasteiger partial charge in [-0.25, -0.2) is 0 Å². The van der Waals surface area contributed by atoms with Gasteiger partial charge < -0.3 is 10.3 Å². The van der Waals surface area contributed by atoms with E-state index in [-0.39, 0.29) is 5.54 Å². The van der Waals surface area contributed by atoms with Crippen molar-refractivity contribution in [3.8, 4) is 0 Å². The van der Waals surface area contributed by atoms with E-state index in [1.807, 2.05) is 0 Å². The van der Waals surface area contributed by atoms with E-state index in [0.29, 0.717) is 0 Å². The number of aromatic amines is 1. The predicted molar refractivity (Wildman–Crippen MR) is 79.3 cm³/mol. The number of aromatic nitrogens is 1. The predicted octanol–water partition coefficient (Wildman–Crippen LogP) is 3.72. The summed E-state index contributed by atoms with van der Waals surface area (Å²) in [7, 11) is 0. The lowest BCUT2D eigenvalue weighted by Gasteiger charge is -2.43. The van der Waals surface area contributed by atoms with Gasteiger partial charge in [-0.05, 0) is 36.8 Å². The van der Waals surface area contributed by atoms with Gasteiger partial charge in [0, 0.05) is 23.1 Å². The second-order valence-corrected chi connectivity index (χ2v) is 6.48. The van der Waals surface area contributed by atoms with Gasteiger partial charge >= 0.3 is 0 Å². The Bertz CT molecular complexity index is 613. The molecule has 0 amide bonds. The maximum Gasteiger partial charge on any atom is 0.0592 e. The first-order valence-corrected chi connectivity index (χ1v) is 7.64. The molecule has 2 N–H and O–H groups in total. The summed E-state index contributed by atoms with van der Waals surface area (Å²) >= 11 is 0. The van der Waals surface area contributed by atoms with Crippen LogP contribution in [0.1, 0.15) is 43.9 Å². The van der Waals surface area contributed by atoms with Gasteiger partial charge in [-0.15, -0.1) is 0 Å². The van der Waals surface area contributed by atoms with Crippen molar-refractivity contribution in [2.24, 2.45) is 5.92 Å². The van der Waals surface area contributed by atoms with Crippen LogP contribution in [0.4, 0.5) is 0 Å². The van der Waals surface area contributed by atoms with Crippen molar-refractivity contribution < 1.29 is 0 Å². The van der Waals surface area contributed by atoms with Crippen molar-refractivity contribution in [3.05, 3.63) is 35.5 Å². The molecule has 1 fully saturated rings. The molecule has 2 aliphatic rings. The Labute approximate surface area is 114 Å². The summed E-state index contributed by atoms with van der Waals surface area (Å²) in [4.78, 5) is 3.73. The fourth-order valence-electron chi connectivity index (χ4n) is 4.32. The molecule has 4 rings (SSSR count). The molecule has 1 saturated carbocycles. The third-order valence-electron chi connectivity index (χ3n) is 5.13. The Morgan fingerprint density at radius 3 is 3.05 bits per heavy atom. The maximum atomic E-state index is 3.85. The van der Waals surface area contributed by atoms with Crippen molar-refractivity contribution in [2.45, 2.75) is 44.6 Å². The van der Waals surface area contributed by atoms with E-state index in [1.165, 1.54) is 42.3 Å². The zero-order valence-corrected chi connectivity index (χ0v) is 11.6. The molecular formula is C17H22N2. The zero-order chi connectivity index (χ0) is 12.9. The first kappa shape index (κ1) is 11.5. The summed E-state index contributed by atoms with van der Waals surface area (Å²) in [6, 6.07) is 8.78. The zero-order valence-electron chi connectivity index (χ0n) is 11.6. The van der Waals surface area contributed by atoms with Crippen LogP contribution in [0.3, 0.4) is 0 Å². The number of nitrogens with one attached hydrogen (secondary N) is 2. The highest BCUT2D eigenvalue weighted by Gasteiger charge is 2.41. The van der Waals surface area contributed by atoms with Crippen LogP contribution in [0.15, 0.2) is 24.3 Å². The highest BCUT2D eigenvalue weighted by Crippen LogP contribution is 2.44. The first-order chi connectivity index (χ1) is 9.28. The lowest BCUT2D eigenvalue weighted by atomic mass is 9.72. The quantitative estimate of drug-likeness (QED) is 0.737. The van der Waals surface area contributed by atoms with Crippen LogP contribution in [0, 0.1) is 5.92 Å². The van der Waals surface area contributed by atoms with E-state index >= 15 is 0 Å². The molecule has 2 heterocycles. The van der Waals surface area contributed by atoms with Gasteiger partial charge in [-0.3, -0.25) is 0 Å². The standard InChI is InChI=1S/C17H22N2/c1-12-5-4-9-17(11-12)16-14(8-10-18-17)13-6-2-3-7-15(13)19-16/h2-3,6-7,12,18-19H,4-5,8-11H2,1H3. The molecule has 2 atom stereocenters. The van der Waals surface area contributed by atoms with Gasteiger partial charge in [0.2, 0.25) is 0 Å². The molecule has 1 aromatic heterocycles. The van der Waals surface area contributed by atoms with Crippen molar-refractivity contribution >= 4 is 10.9 Å². The topological polar surface area (TPSA) is 27.8 Å². The molecule has 2 aromatic rings. The van der Waals surface area contributed by atoms with E-state index in [9.17, 15) is 0 Å². The Morgan fingerprint density at radius 2 is 2.16 bits per heavy atom. The number of hydrogen-bond donors (Lipinski definition) is 2. The molecular weight excluding hydrogens is 232 g/mol. The number of para-hydroxylation sites is 1. The number of fused-ring (bicyclic) bond motifs is 4. The van der Waals surface area contributed by atoms with Crippen molar-refractivity contribution in [1.82, 2.24) is 10.3 Å². The van der Waals surface area contributed by atoms with Crippen LogP contribution in [0.25, 0.3) is 10.9 Å². The Morgan fingerprint density at radius 1 is 1.26 bits per heavy atom. The smallest absolute Gasteiger partial charge is 0.0592 e. The lowest BCUT2D eigenvalue weighted by molar-refractivity contribution is 0.175. The second-order valence-electron chi connectivity index (χ2n) is 6.48. The van der Waals surface area contributed by atoms with E-state index in [2.05, 4.69) is 41.5 Å². The molecule has 2 nitrogen and oxygen atoms in total. The molecule has 19 heavy (non-hydrogen) atoms. The van der Waals surface area contributed by atoms with Gasteiger partial charge in [0.25, 0.3) is 0 Å². The normalized spacial score (nSPS) is 30.7. The number of hydrogen-bond acceptors (Lipinski definition) is 1. The molecule has 0 radical (unpaired) electrons. The first-order valence-electron chi connectivity index (χ1n) is 7.64. The minimum Gasteiger partial charge on any atom is -0.357 e. The molecule has 1 aliphatic heterocycles. The van der Waals surface area contributed by atoms with Crippen LogP contribution in [-0.4, -0.2) is 11.5 Å². The van der Waals surface area contributed by atoms with Crippen LogP contribution < -0.4 is 5.32 Å². The summed E-state index contributed by atoms with van der Waals surface area (Å²) in [6.07, 6.45) is 6.47. The second kappa shape index (κ2) is 4.11. The monoisotopic (exact) mass is 254 g/mol. The van der Waals surface area contributed by atoms with E-state index in [0.717, 1.165) is 18.9 Å². The molecule has 100 valence electrons. The molecule has 0 bridgehead atoms. The molecule has 2 unspecified atom stereocenters. The van der Waals surface area contributed by atoms with E-state index in [4.69, 9.17) is 0 Å². The fraction of sp³-hybridized carbons (Fsp3) is 0.529. The van der Waals surface area contributed by atoms with Gasteiger partial charge in [0.1, 0.15) is 0 Å². The van der Waals surface area contributed by atoms with Crippen molar-refractivity contribution in [3.63, 3.8) is 0 Å². The van der Waals surface area contributed by atoms with Crippen LogP contribution in [0.5, 0.6) is 0 Å². The largest absolute Gasteiger partial charge is 0.357 e. The van der Waals surface area contributed by atoms with Gasteiger partial charge in [0.15, 0.2) is 0 Å². The summed E-state index contributed by atoms with van der Waals surface area (Å²) in [5.41, 5.74) is 4.60. The molecule has 1 aliphatic carbocycles. The average Bonchev–Trinajstić information content (AvgIpc) is 2.80. The van der Waals surface area contributed by atoms with E-state index in [1.54, 1.807) is 5.56 Å². The Hall–Kier alpha value is -1.28.